The molecule has 0 saturated heterocycles. The first-order valence-electron chi connectivity index (χ1n) is 10.1. The van der Waals surface area contributed by atoms with Crippen LogP contribution in [0.3, 0.4) is 0 Å². The molecule has 1 N–H and O–H groups in total. The van der Waals surface area contributed by atoms with Crippen LogP contribution in [0.1, 0.15) is 41.0 Å². The summed E-state index contributed by atoms with van der Waals surface area (Å²) >= 11 is 0. The number of carbonyl (C=O) groups excluding carboxylic acids is 1. The molecule has 1 atom stereocenters. The van der Waals surface area contributed by atoms with Crippen molar-refractivity contribution in [3.05, 3.63) is 33.1 Å². The van der Waals surface area contributed by atoms with E-state index in [1.807, 2.05) is 20.8 Å². The molecule has 30 heavy (non-hydrogen) atoms. The average Bonchev–Trinajstić information content (AvgIpc) is 2.62. The van der Waals surface area contributed by atoms with Crippen LogP contribution in [0.25, 0.3) is 0 Å². The summed E-state index contributed by atoms with van der Waals surface area (Å²) < 4.78 is 35.9. The molecular formula is C20H34N2O7S. The number of nitrogens with one attached hydrogen (secondary N) is 1. The summed E-state index contributed by atoms with van der Waals surface area (Å²) in [4.78, 5) is 37.1. The number of H-pyrrole nitrogens is 1. The van der Waals surface area contributed by atoms with Crippen molar-refractivity contribution in [3.8, 4) is 0 Å². The van der Waals surface area contributed by atoms with Crippen LogP contribution >= 0.6 is 0 Å². The van der Waals surface area contributed by atoms with Crippen LogP contribution < -0.4 is 11.2 Å². The van der Waals surface area contributed by atoms with E-state index in [9.17, 15) is 22.8 Å². The van der Waals surface area contributed by atoms with Gasteiger partial charge in [-0.15, -0.1) is 0 Å². The third-order valence-electron chi connectivity index (χ3n) is 5.11. The normalized spacial score (nSPS) is 14.1. The molecule has 0 fully saturated rings. The monoisotopic (exact) mass is 446 g/mol. The number of aromatic nitrogens is 2. The van der Waals surface area contributed by atoms with Gasteiger partial charge in [0.25, 0.3) is 5.56 Å². The van der Waals surface area contributed by atoms with Gasteiger partial charge in [-0.3, -0.25) is 19.1 Å². The molecule has 0 bridgehead atoms. The standard InChI is InChI=1S/C20H34N2O7S/c1-15(2)14-20(5,16(3)4)18(24)29-10-9-28-11-13-30(26,27)12-8-22-7-6-17(23)21-19(22)25/h6-7,15-16H,8-14H2,1-5H3,(H,21,23,25). The minimum absolute atomic E-state index is 0.0339. The predicted octanol–water partition coefficient (Wildman–Crippen LogP) is 1.22. The first-order valence-corrected chi connectivity index (χ1v) is 11.9. The van der Waals surface area contributed by atoms with Gasteiger partial charge < -0.3 is 9.47 Å². The molecule has 1 aromatic heterocycles. The molecule has 0 amide bonds. The summed E-state index contributed by atoms with van der Waals surface area (Å²) in [7, 11) is -3.44. The summed E-state index contributed by atoms with van der Waals surface area (Å²) in [6, 6.07) is 1.16. The molecule has 10 heteroatoms. The van der Waals surface area contributed by atoms with Crippen LogP contribution in [0.5, 0.6) is 0 Å². The number of rotatable bonds is 13. The zero-order chi connectivity index (χ0) is 22.9. The lowest BCUT2D eigenvalue weighted by molar-refractivity contribution is -0.160. The maximum absolute atomic E-state index is 12.5. The van der Waals surface area contributed by atoms with Gasteiger partial charge in [0.1, 0.15) is 6.61 Å². The zero-order valence-electron chi connectivity index (χ0n) is 18.5. The van der Waals surface area contributed by atoms with E-state index in [0.717, 1.165) is 17.1 Å². The van der Waals surface area contributed by atoms with Gasteiger partial charge in [0.2, 0.25) is 0 Å². The lowest BCUT2D eigenvalue weighted by Gasteiger charge is -2.32. The van der Waals surface area contributed by atoms with Crippen LogP contribution in [0.15, 0.2) is 21.9 Å². The van der Waals surface area contributed by atoms with E-state index >= 15 is 0 Å². The molecular weight excluding hydrogens is 412 g/mol. The van der Waals surface area contributed by atoms with Gasteiger partial charge in [-0.05, 0) is 25.2 Å². The summed E-state index contributed by atoms with van der Waals surface area (Å²) in [6.45, 7) is 10.1. The predicted molar refractivity (Wildman–Crippen MR) is 114 cm³/mol. The van der Waals surface area contributed by atoms with Crippen molar-refractivity contribution in [1.29, 1.82) is 0 Å². The van der Waals surface area contributed by atoms with Crippen molar-refractivity contribution in [1.82, 2.24) is 9.55 Å². The molecule has 1 unspecified atom stereocenters. The summed E-state index contributed by atoms with van der Waals surface area (Å²) in [5.74, 6) is -0.240. The van der Waals surface area contributed by atoms with E-state index in [2.05, 4.69) is 18.8 Å². The van der Waals surface area contributed by atoms with E-state index < -0.39 is 26.5 Å². The Labute approximate surface area is 177 Å². The fourth-order valence-electron chi connectivity index (χ4n) is 3.01. The number of carbonyl (C=O) groups is 1. The molecule has 172 valence electrons. The Morgan fingerprint density at radius 2 is 1.80 bits per heavy atom. The number of sulfone groups is 1. The zero-order valence-corrected chi connectivity index (χ0v) is 19.3. The lowest BCUT2D eigenvalue weighted by atomic mass is 9.73. The molecule has 1 aromatic rings. The molecule has 0 radical (unpaired) electrons. The quantitative estimate of drug-likeness (QED) is 0.357. The van der Waals surface area contributed by atoms with Gasteiger partial charge in [0.05, 0.1) is 30.1 Å². The van der Waals surface area contributed by atoms with Gasteiger partial charge in [0, 0.05) is 18.8 Å². The van der Waals surface area contributed by atoms with Crippen molar-refractivity contribution >= 4 is 15.8 Å². The highest BCUT2D eigenvalue weighted by atomic mass is 32.2. The minimum Gasteiger partial charge on any atom is -0.463 e. The SMILES string of the molecule is CC(C)CC(C)(C(=O)OCCOCCS(=O)(=O)CCn1ccc(=O)[nH]c1=O)C(C)C. The minimum atomic E-state index is -3.44. The van der Waals surface area contributed by atoms with Crippen molar-refractivity contribution in [2.45, 2.75) is 47.6 Å². The Hall–Kier alpha value is -1.94. The van der Waals surface area contributed by atoms with Crippen molar-refractivity contribution in [3.63, 3.8) is 0 Å². The first-order chi connectivity index (χ1) is 13.9. The van der Waals surface area contributed by atoms with Gasteiger partial charge in [-0.25, -0.2) is 13.2 Å². The Bertz CT molecular complexity index is 902. The van der Waals surface area contributed by atoms with Crippen LogP contribution in [0.4, 0.5) is 0 Å². The maximum atomic E-state index is 12.5. The highest BCUT2D eigenvalue weighted by Crippen LogP contribution is 2.35. The third kappa shape index (κ3) is 8.43. The van der Waals surface area contributed by atoms with E-state index in [-0.39, 0.29) is 49.8 Å². The van der Waals surface area contributed by atoms with E-state index in [1.165, 1.54) is 6.20 Å². The fourth-order valence-corrected chi connectivity index (χ4v) is 4.06. The summed E-state index contributed by atoms with van der Waals surface area (Å²) in [5, 5.41) is 0. The van der Waals surface area contributed by atoms with Crippen LogP contribution in [0.2, 0.25) is 0 Å². The van der Waals surface area contributed by atoms with Crippen molar-refractivity contribution < 1.29 is 22.7 Å². The van der Waals surface area contributed by atoms with Crippen molar-refractivity contribution in [2.24, 2.45) is 17.3 Å². The van der Waals surface area contributed by atoms with Crippen LogP contribution in [-0.4, -0.2) is 55.3 Å². The molecule has 1 heterocycles. The second-order valence-corrected chi connectivity index (χ2v) is 10.7. The Balaban J connectivity index is 2.36. The van der Waals surface area contributed by atoms with Crippen molar-refractivity contribution in [2.75, 3.05) is 31.3 Å². The van der Waals surface area contributed by atoms with Gasteiger partial charge >= 0.3 is 11.7 Å². The van der Waals surface area contributed by atoms with E-state index in [1.54, 1.807) is 0 Å². The number of aryl methyl sites for hydroxylation is 1. The Kier molecular flexibility index (Phi) is 9.96. The molecule has 0 aliphatic carbocycles. The molecule has 9 nitrogen and oxygen atoms in total. The van der Waals surface area contributed by atoms with Crippen LogP contribution in [0, 0.1) is 17.3 Å². The molecule has 0 aliphatic rings. The molecule has 0 spiro atoms. The highest BCUT2D eigenvalue weighted by molar-refractivity contribution is 7.91. The topological polar surface area (TPSA) is 125 Å². The third-order valence-corrected chi connectivity index (χ3v) is 6.71. The Morgan fingerprint density at radius 1 is 1.13 bits per heavy atom. The first kappa shape index (κ1) is 26.1. The van der Waals surface area contributed by atoms with Crippen LogP contribution in [-0.2, 0) is 30.7 Å². The molecule has 1 rings (SSSR count). The fraction of sp³-hybridized carbons (Fsp3) is 0.750. The number of hydrogen-bond donors (Lipinski definition) is 1. The number of ether oxygens (including phenoxy) is 2. The van der Waals surface area contributed by atoms with Gasteiger partial charge in [-0.1, -0.05) is 27.7 Å². The van der Waals surface area contributed by atoms with E-state index in [0.29, 0.717) is 5.92 Å². The lowest BCUT2D eigenvalue weighted by Crippen LogP contribution is -2.37. The number of nitrogens with zero attached hydrogens (tertiary/aromatic N) is 1. The summed E-state index contributed by atoms with van der Waals surface area (Å²) in [5.41, 5.74) is -1.76. The molecule has 0 saturated carbocycles. The smallest absolute Gasteiger partial charge is 0.328 e. The Morgan fingerprint density at radius 3 is 2.37 bits per heavy atom. The average molecular weight is 447 g/mol. The van der Waals surface area contributed by atoms with Gasteiger partial charge in [0.15, 0.2) is 9.84 Å². The number of aromatic amines is 1. The number of hydrogen-bond acceptors (Lipinski definition) is 7. The maximum Gasteiger partial charge on any atom is 0.328 e. The number of esters is 1. The second-order valence-electron chi connectivity index (χ2n) is 8.37. The van der Waals surface area contributed by atoms with E-state index in [4.69, 9.17) is 9.47 Å². The second kappa shape index (κ2) is 11.5. The molecule has 0 aliphatic heterocycles. The largest absolute Gasteiger partial charge is 0.463 e. The highest BCUT2D eigenvalue weighted by Gasteiger charge is 2.38. The van der Waals surface area contributed by atoms with Gasteiger partial charge in [-0.2, -0.15) is 0 Å². The summed E-state index contributed by atoms with van der Waals surface area (Å²) in [6.07, 6.45) is 1.98. The molecule has 0 aromatic carbocycles.